The standard InChI is InChI=1S/C18H21NO3/c1-14(20)18(2,16-11-7-4-8-12-16)19-17(21)22-13-15-9-5-3-6-10-15/h3-12,14,20H,13H2,1-2H3,(H,19,21)/t14-,18+/m0/s1. The Morgan fingerprint density at radius 3 is 2.23 bits per heavy atom. The molecule has 0 aliphatic rings. The van der Waals surface area contributed by atoms with Crippen LogP contribution in [0.3, 0.4) is 0 Å². The van der Waals surface area contributed by atoms with Crippen molar-refractivity contribution in [1.82, 2.24) is 5.32 Å². The van der Waals surface area contributed by atoms with Crippen LogP contribution in [0.25, 0.3) is 0 Å². The molecule has 22 heavy (non-hydrogen) atoms. The van der Waals surface area contributed by atoms with Crippen LogP contribution in [0.5, 0.6) is 0 Å². The second-order valence-corrected chi connectivity index (χ2v) is 5.43. The van der Waals surface area contributed by atoms with E-state index in [2.05, 4.69) is 5.32 Å². The molecule has 0 radical (unpaired) electrons. The highest BCUT2D eigenvalue weighted by atomic mass is 16.5. The van der Waals surface area contributed by atoms with E-state index in [0.717, 1.165) is 11.1 Å². The molecule has 116 valence electrons. The average molecular weight is 299 g/mol. The highest BCUT2D eigenvalue weighted by Gasteiger charge is 2.34. The number of rotatable bonds is 5. The first-order valence-corrected chi connectivity index (χ1v) is 7.25. The summed E-state index contributed by atoms with van der Waals surface area (Å²) in [7, 11) is 0. The lowest BCUT2D eigenvalue weighted by molar-refractivity contribution is 0.0684. The molecular weight excluding hydrogens is 278 g/mol. The van der Waals surface area contributed by atoms with Gasteiger partial charge in [-0.15, -0.1) is 0 Å². The quantitative estimate of drug-likeness (QED) is 0.891. The minimum atomic E-state index is -0.908. The normalized spacial score (nSPS) is 14.7. The van der Waals surface area contributed by atoms with Crippen LogP contribution >= 0.6 is 0 Å². The van der Waals surface area contributed by atoms with Crippen LogP contribution in [0.1, 0.15) is 25.0 Å². The van der Waals surface area contributed by atoms with E-state index in [1.165, 1.54) is 0 Å². The van der Waals surface area contributed by atoms with E-state index in [1.54, 1.807) is 13.8 Å². The van der Waals surface area contributed by atoms with E-state index in [0.29, 0.717) is 0 Å². The van der Waals surface area contributed by atoms with Gasteiger partial charge in [-0.3, -0.25) is 0 Å². The summed E-state index contributed by atoms with van der Waals surface area (Å²) >= 11 is 0. The van der Waals surface area contributed by atoms with Gasteiger partial charge in [-0.1, -0.05) is 60.7 Å². The van der Waals surface area contributed by atoms with Gasteiger partial charge in [-0.05, 0) is 25.0 Å². The Balaban J connectivity index is 2.04. The molecule has 2 aromatic rings. The van der Waals surface area contributed by atoms with Crippen molar-refractivity contribution in [2.24, 2.45) is 0 Å². The number of carbonyl (C=O) groups is 1. The Bertz CT molecular complexity index is 598. The highest BCUT2D eigenvalue weighted by Crippen LogP contribution is 2.24. The molecule has 4 nitrogen and oxygen atoms in total. The molecule has 0 saturated carbocycles. The van der Waals surface area contributed by atoms with Gasteiger partial charge in [0.2, 0.25) is 0 Å². The number of ether oxygens (including phenoxy) is 1. The maximum absolute atomic E-state index is 12.1. The van der Waals surface area contributed by atoms with Crippen LogP contribution < -0.4 is 5.32 Å². The van der Waals surface area contributed by atoms with Crippen molar-refractivity contribution in [3.8, 4) is 0 Å². The van der Waals surface area contributed by atoms with Crippen molar-refractivity contribution in [3.63, 3.8) is 0 Å². The lowest BCUT2D eigenvalue weighted by Crippen LogP contribution is -2.50. The minimum absolute atomic E-state index is 0.192. The van der Waals surface area contributed by atoms with Crippen molar-refractivity contribution in [3.05, 3.63) is 71.8 Å². The Morgan fingerprint density at radius 2 is 1.68 bits per heavy atom. The van der Waals surface area contributed by atoms with Gasteiger partial charge < -0.3 is 15.2 Å². The van der Waals surface area contributed by atoms with Crippen molar-refractivity contribution < 1.29 is 14.6 Å². The number of aliphatic hydroxyl groups is 1. The number of hydrogen-bond acceptors (Lipinski definition) is 3. The first-order valence-electron chi connectivity index (χ1n) is 7.25. The highest BCUT2D eigenvalue weighted by molar-refractivity contribution is 5.68. The van der Waals surface area contributed by atoms with Crippen molar-refractivity contribution in [2.75, 3.05) is 0 Å². The van der Waals surface area contributed by atoms with Crippen LogP contribution in [-0.4, -0.2) is 17.3 Å². The molecule has 0 fully saturated rings. The third-order valence-electron chi connectivity index (χ3n) is 3.78. The number of benzene rings is 2. The number of alkyl carbamates (subject to hydrolysis) is 1. The predicted octanol–water partition coefficient (Wildman–Crippen LogP) is 3.21. The first-order chi connectivity index (χ1) is 10.5. The van der Waals surface area contributed by atoms with E-state index in [-0.39, 0.29) is 6.61 Å². The molecule has 2 rings (SSSR count). The van der Waals surface area contributed by atoms with Crippen LogP contribution in [-0.2, 0) is 16.9 Å². The molecule has 4 heteroatoms. The van der Waals surface area contributed by atoms with E-state index in [4.69, 9.17) is 4.74 Å². The topological polar surface area (TPSA) is 58.6 Å². The van der Waals surface area contributed by atoms with Gasteiger partial charge in [0.1, 0.15) is 6.61 Å². The Kier molecular flexibility index (Phi) is 5.17. The molecule has 2 N–H and O–H groups in total. The summed E-state index contributed by atoms with van der Waals surface area (Å²) in [6.45, 7) is 3.61. The first kappa shape index (κ1) is 16.0. The molecule has 2 aromatic carbocycles. The van der Waals surface area contributed by atoms with Gasteiger partial charge in [0.05, 0.1) is 11.6 Å². The molecule has 0 saturated heterocycles. The summed E-state index contributed by atoms with van der Waals surface area (Å²) in [4.78, 5) is 12.1. The van der Waals surface area contributed by atoms with Crippen molar-refractivity contribution >= 4 is 6.09 Å². The Morgan fingerprint density at radius 1 is 1.14 bits per heavy atom. The zero-order valence-electron chi connectivity index (χ0n) is 12.8. The summed E-state index contributed by atoms with van der Waals surface area (Å²) in [6, 6.07) is 18.8. The van der Waals surface area contributed by atoms with Gasteiger partial charge in [0.25, 0.3) is 0 Å². The molecule has 0 aromatic heterocycles. The summed E-state index contributed by atoms with van der Waals surface area (Å²) in [5, 5.41) is 12.9. The number of amides is 1. The van der Waals surface area contributed by atoms with Gasteiger partial charge in [0.15, 0.2) is 0 Å². The van der Waals surface area contributed by atoms with Crippen molar-refractivity contribution in [1.29, 1.82) is 0 Å². The van der Waals surface area contributed by atoms with Gasteiger partial charge in [-0.25, -0.2) is 4.79 Å². The third-order valence-corrected chi connectivity index (χ3v) is 3.78. The smallest absolute Gasteiger partial charge is 0.408 e. The second kappa shape index (κ2) is 7.09. The van der Waals surface area contributed by atoms with Gasteiger partial charge >= 0.3 is 6.09 Å². The van der Waals surface area contributed by atoms with E-state index in [9.17, 15) is 9.90 Å². The lowest BCUT2D eigenvalue weighted by atomic mass is 9.87. The molecule has 0 heterocycles. The monoisotopic (exact) mass is 299 g/mol. The largest absolute Gasteiger partial charge is 0.445 e. The molecule has 1 amide bonds. The fraction of sp³-hybridized carbons (Fsp3) is 0.278. The van der Waals surface area contributed by atoms with E-state index in [1.807, 2.05) is 60.7 Å². The summed E-state index contributed by atoms with van der Waals surface area (Å²) < 4.78 is 5.23. The number of carbonyl (C=O) groups excluding carboxylic acids is 1. The molecule has 0 aliphatic heterocycles. The lowest BCUT2D eigenvalue weighted by Gasteiger charge is -2.33. The molecule has 0 spiro atoms. The second-order valence-electron chi connectivity index (χ2n) is 5.43. The zero-order chi connectivity index (χ0) is 16.0. The fourth-order valence-corrected chi connectivity index (χ4v) is 2.17. The number of aliphatic hydroxyl groups excluding tert-OH is 1. The average Bonchev–Trinajstić information content (AvgIpc) is 2.54. The summed E-state index contributed by atoms with van der Waals surface area (Å²) in [5.41, 5.74) is 0.826. The summed E-state index contributed by atoms with van der Waals surface area (Å²) in [5.74, 6) is 0. The van der Waals surface area contributed by atoms with E-state index >= 15 is 0 Å². The zero-order valence-corrected chi connectivity index (χ0v) is 12.8. The van der Waals surface area contributed by atoms with Gasteiger partial charge in [-0.2, -0.15) is 0 Å². The predicted molar refractivity (Wildman–Crippen MR) is 85.2 cm³/mol. The number of hydrogen-bond donors (Lipinski definition) is 2. The molecular formula is C18H21NO3. The van der Waals surface area contributed by atoms with Gasteiger partial charge in [0, 0.05) is 0 Å². The van der Waals surface area contributed by atoms with E-state index < -0.39 is 17.7 Å². The molecule has 0 bridgehead atoms. The molecule has 0 aliphatic carbocycles. The SMILES string of the molecule is C[C@H](O)[C@@](C)(NC(=O)OCc1ccccc1)c1ccccc1. The minimum Gasteiger partial charge on any atom is -0.445 e. The van der Waals surface area contributed by atoms with Crippen LogP contribution in [0.2, 0.25) is 0 Å². The molecule has 2 atom stereocenters. The third kappa shape index (κ3) is 3.86. The van der Waals surface area contributed by atoms with Crippen LogP contribution in [0, 0.1) is 0 Å². The maximum Gasteiger partial charge on any atom is 0.408 e. The van der Waals surface area contributed by atoms with Crippen LogP contribution in [0.4, 0.5) is 4.79 Å². The van der Waals surface area contributed by atoms with Crippen molar-refractivity contribution in [2.45, 2.75) is 32.1 Å². The Labute approximate surface area is 130 Å². The fourth-order valence-electron chi connectivity index (χ4n) is 2.17. The van der Waals surface area contributed by atoms with Crippen LogP contribution in [0.15, 0.2) is 60.7 Å². The molecule has 0 unspecified atom stereocenters. The maximum atomic E-state index is 12.1. The summed E-state index contributed by atoms with van der Waals surface area (Å²) in [6.07, 6.45) is -1.32. The Hall–Kier alpha value is -2.33. The number of nitrogens with one attached hydrogen (secondary N) is 1.